The van der Waals surface area contributed by atoms with Gasteiger partial charge in [-0.25, -0.2) is 0 Å². The van der Waals surface area contributed by atoms with Gasteiger partial charge in [-0.15, -0.1) is 0 Å². The van der Waals surface area contributed by atoms with E-state index in [9.17, 15) is 14.4 Å². The molecule has 204 valence electrons. The molecule has 0 spiro atoms. The van der Waals surface area contributed by atoms with Crippen molar-refractivity contribution in [3.63, 3.8) is 0 Å². The zero-order valence-electron chi connectivity index (χ0n) is 22.2. The molecule has 10 heteroatoms. The molecule has 0 unspecified atom stereocenters. The van der Waals surface area contributed by atoms with Crippen molar-refractivity contribution < 1.29 is 14.4 Å². The summed E-state index contributed by atoms with van der Waals surface area (Å²) in [4.78, 5) is 41.5. The minimum Gasteiger partial charge on any atom is -0.392 e. The smallest absolute Gasteiger partial charge is 0.270 e. The number of hydrogen-bond acceptors (Lipinski definition) is 7. The molecule has 2 aromatic rings. The number of rotatable bonds is 11. The van der Waals surface area contributed by atoms with Gasteiger partial charge in [-0.2, -0.15) is 0 Å². The molecule has 4 rings (SSSR count). The third-order valence-corrected chi connectivity index (χ3v) is 8.11. The lowest BCUT2D eigenvalue weighted by Gasteiger charge is -2.28. The number of amides is 3. The SMILES string of the molecule is CCN(C(C)=O)/C(SNc1ccc2cc(C(=O)NCCN3CCCC3)ccc2c1)=C(\N)C(=O)NC1CCC1. The van der Waals surface area contributed by atoms with Crippen LogP contribution in [0.2, 0.25) is 0 Å². The van der Waals surface area contributed by atoms with E-state index in [0.29, 0.717) is 23.7 Å². The molecule has 0 radical (unpaired) electrons. The van der Waals surface area contributed by atoms with Crippen LogP contribution < -0.4 is 21.1 Å². The molecular formula is C28H38N6O3S. The van der Waals surface area contributed by atoms with Crippen LogP contribution in [0.25, 0.3) is 10.8 Å². The standard InChI is InChI=1S/C28H38N6O3S/c1-3-34(19(2)35)28(25(29)27(37)31-23-7-6-8-23)38-32-24-12-11-20-17-22(10-9-21(20)18-24)26(36)30-13-16-33-14-4-5-15-33/h9-12,17-18,23,32H,3-8,13-16,29H2,1-2H3,(H,30,36)(H,31,37)/b28-25+. The number of fused-ring (bicyclic) bond motifs is 1. The van der Waals surface area contributed by atoms with Crippen molar-refractivity contribution in [2.75, 3.05) is 37.4 Å². The van der Waals surface area contributed by atoms with Crippen molar-refractivity contribution in [3.8, 4) is 0 Å². The Morgan fingerprint density at radius 2 is 1.76 bits per heavy atom. The first-order valence-corrected chi connectivity index (χ1v) is 14.2. The molecule has 0 atom stereocenters. The molecule has 1 saturated carbocycles. The van der Waals surface area contributed by atoms with Gasteiger partial charge in [0.15, 0.2) is 0 Å². The van der Waals surface area contributed by atoms with E-state index in [1.807, 2.05) is 43.3 Å². The third-order valence-electron chi connectivity index (χ3n) is 7.14. The fourth-order valence-electron chi connectivity index (χ4n) is 4.67. The third kappa shape index (κ3) is 6.99. The maximum atomic E-state index is 12.7. The second kappa shape index (κ2) is 13.0. The molecule has 3 amide bonds. The fraction of sp³-hybridized carbons (Fsp3) is 0.464. The van der Waals surface area contributed by atoms with Gasteiger partial charge >= 0.3 is 0 Å². The van der Waals surface area contributed by atoms with Gasteiger partial charge in [0.25, 0.3) is 11.8 Å². The van der Waals surface area contributed by atoms with Crippen molar-refractivity contribution in [1.29, 1.82) is 0 Å². The number of carbonyl (C=O) groups is 3. The molecule has 9 nitrogen and oxygen atoms in total. The summed E-state index contributed by atoms with van der Waals surface area (Å²) in [7, 11) is 0. The minimum atomic E-state index is -0.358. The Balaban J connectivity index is 1.42. The van der Waals surface area contributed by atoms with E-state index >= 15 is 0 Å². The molecular weight excluding hydrogens is 500 g/mol. The van der Waals surface area contributed by atoms with Crippen LogP contribution in [0.3, 0.4) is 0 Å². The molecule has 0 bridgehead atoms. The van der Waals surface area contributed by atoms with Gasteiger partial charge in [-0.1, -0.05) is 12.1 Å². The highest BCUT2D eigenvalue weighted by Crippen LogP contribution is 2.28. The van der Waals surface area contributed by atoms with Crippen molar-refractivity contribution in [1.82, 2.24) is 20.4 Å². The first-order valence-electron chi connectivity index (χ1n) is 13.4. The Bertz CT molecular complexity index is 1210. The van der Waals surface area contributed by atoms with Crippen molar-refractivity contribution in [2.45, 2.75) is 52.0 Å². The van der Waals surface area contributed by atoms with Gasteiger partial charge in [-0.05, 0) is 87.2 Å². The van der Waals surface area contributed by atoms with Crippen LogP contribution >= 0.6 is 11.9 Å². The molecule has 38 heavy (non-hydrogen) atoms. The van der Waals surface area contributed by atoms with Gasteiger partial charge in [0.05, 0.1) is 0 Å². The van der Waals surface area contributed by atoms with E-state index in [1.165, 1.54) is 24.7 Å². The number of carbonyl (C=O) groups excluding carboxylic acids is 3. The summed E-state index contributed by atoms with van der Waals surface area (Å²) in [5, 5.41) is 8.24. The maximum absolute atomic E-state index is 12.7. The van der Waals surface area contributed by atoms with Gasteiger partial charge in [0, 0.05) is 55.8 Å². The maximum Gasteiger partial charge on any atom is 0.270 e. The predicted molar refractivity (Wildman–Crippen MR) is 153 cm³/mol. The van der Waals surface area contributed by atoms with Crippen LogP contribution in [0.4, 0.5) is 5.69 Å². The Kier molecular flexibility index (Phi) is 9.52. The molecule has 2 fully saturated rings. The molecule has 1 saturated heterocycles. The second-order valence-corrected chi connectivity index (χ2v) is 10.7. The fourth-order valence-corrected chi connectivity index (χ4v) is 5.58. The summed E-state index contributed by atoms with van der Waals surface area (Å²) in [5.41, 5.74) is 7.68. The molecule has 0 aromatic heterocycles. The highest BCUT2D eigenvalue weighted by Gasteiger charge is 2.25. The van der Waals surface area contributed by atoms with E-state index in [-0.39, 0.29) is 29.5 Å². The quantitative estimate of drug-likeness (QED) is 0.256. The van der Waals surface area contributed by atoms with Crippen LogP contribution in [-0.4, -0.2) is 66.3 Å². The first kappa shape index (κ1) is 27.8. The van der Waals surface area contributed by atoms with Crippen LogP contribution in [0.1, 0.15) is 56.3 Å². The lowest BCUT2D eigenvalue weighted by atomic mass is 9.93. The zero-order chi connectivity index (χ0) is 27.1. The van der Waals surface area contributed by atoms with E-state index in [1.54, 1.807) is 0 Å². The number of nitrogens with two attached hydrogens (primary N) is 1. The largest absolute Gasteiger partial charge is 0.392 e. The molecule has 2 aliphatic rings. The number of nitrogens with zero attached hydrogens (tertiary/aromatic N) is 2. The van der Waals surface area contributed by atoms with Crippen molar-refractivity contribution >= 4 is 46.1 Å². The normalized spacial score (nSPS) is 16.5. The van der Waals surface area contributed by atoms with E-state index < -0.39 is 0 Å². The van der Waals surface area contributed by atoms with Crippen LogP contribution in [0.15, 0.2) is 47.1 Å². The molecule has 2 aromatic carbocycles. The summed E-state index contributed by atoms with van der Waals surface area (Å²) in [6.07, 6.45) is 5.47. The topological polar surface area (TPSA) is 120 Å². The van der Waals surface area contributed by atoms with Crippen molar-refractivity contribution in [2.24, 2.45) is 5.73 Å². The monoisotopic (exact) mass is 538 g/mol. The van der Waals surface area contributed by atoms with Crippen LogP contribution in [0.5, 0.6) is 0 Å². The molecule has 1 heterocycles. The highest BCUT2D eigenvalue weighted by atomic mass is 32.2. The molecule has 5 N–H and O–H groups in total. The van der Waals surface area contributed by atoms with Crippen LogP contribution in [-0.2, 0) is 9.59 Å². The summed E-state index contributed by atoms with van der Waals surface area (Å²) in [6, 6.07) is 11.6. The number of benzene rings is 2. The highest BCUT2D eigenvalue weighted by molar-refractivity contribution is 8.04. The zero-order valence-corrected chi connectivity index (χ0v) is 23.0. The lowest BCUT2D eigenvalue weighted by molar-refractivity contribution is -0.126. The second-order valence-electron chi connectivity index (χ2n) is 9.87. The van der Waals surface area contributed by atoms with E-state index in [0.717, 1.165) is 67.3 Å². The van der Waals surface area contributed by atoms with Crippen LogP contribution in [0, 0.1) is 0 Å². The number of anilines is 1. The van der Waals surface area contributed by atoms with E-state index in [2.05, 4.69) is 20.3 Å². The Morgan fingerprint density at radius 3 is 2.42 bits per heavy atom. The summed E-state index contributed by atoms with van der Waals surface area (Å²) in [6.45, 7) is 7.44. The van der Waals surface area contributed by atoms with E-state index in [4.69, 9.17) is 5.73 Å². The summed E-state index contributed by atoms with van der Waals surface area (Å²) in [5.74, 6) is -0.623. The average molecular weight is 539 g/mol. The number of nitrogens with one attached hydrogen (secondary N) is 3. The van der Waals surface area contributed by atoms with Gasteiger partial charge in [0.2, 0.25) is 5.91 Å². The number of hydrogen-bond donors (Lipinski definition) is 4. The van der Waals surface area contributed by atoms with Gasteiger partial charge < -0.3 is 30.9 Å². The molecule has 1 aliphatic carbocycles. The Morgan fingerprint density at radius 1 is 1.05 bits per heavy atom. The Hall–Kier alpha value is -3.24. The Labute approximate surface area is 228 Å². The lowest BCUT2D eigenvalue weighted by Crippen LogP contribution is -2.43. The first-order chi connectivity index (χ1) is 18.4. The van der Waals surface area contributed by atoms with Gasteiger partial charge in [0.1, 0.15) is 10.7 Å². The average Bonchev–Trinajstić information content (AvgIpc) is 3.41. The minimum absolute atomic E-state index is 0.0209. The van der Waals surface area contributed by atoms with Crippen molar-refractivity contribution in [3.05, 3.63) is 52.7 Å². The predicted octanol–water partition coefficient (Wildman–Crippen LogP) is 3.39. The van der Waals surface area contributed by atoms with Gasteiger partial charge in [-0.3, -0.25) is 14.4 Å². The summed E-state index contributed by atoms with van der Waals surface area (Å²) >= 11 is 1.14. The number of likely N-dealkylation sites (tertiary alicyclic amines) is 1. The summed E-state index contributed by atoms with van der Waals surface area (Å²) < 4.78 is 3.24. The molecule has 1 aliphatic heterocycles.